The van der Waals surface area contributed by atoms with Crippen molar-refractivity contribution >= 4 is 0 Å². The standard InChI is InChI=1S/C11H17NO3/c1-7(2)12-4-3-8-5-9(13)11(15)10(14)6-8/h5-7,12-15H,3-4H2,1-2H3. The molecule has 0 atom stereocenters. The SMILES string of the molecule is CC(C)NCCc1cc(O)c(O)c(O)c1. The summed E-state index contributed by atoms with van der Waals surface area (Å²) in [6.07, 6.45) is 0.694. The van der Waals surface area contributed by atoms with Crippen molar-refractivity contribution in [3.8, 4) is 17.2 Å². The molecule has 1 aromatic rings. The molecule has 0 aliphatic rings. The third-order valence-electron chi connectivity index (χ3n) is 2.10. The lowest BCUT2D eigenvalue weighted by atomic mass is 10.1. The molecule has 4 heteroatoms. The van der Waals surface area contributed by atoms with E-state index in [1.807, 2.05) is 13.8 Å². The Balaban J connectivity index is 2.63. The fraction of sp³-hybridized carbons (Fsp3) is 0.455. The first kappa shape index (κ1) is 11.7. The van der Waals surface area contributed by atoms with Crippen molar-refractivity contribution in [3.05, 3.63) is 17.7 Å². The molecule has 0 saturated heterocycles. The van der Waals surface area contributed by atoms with Crippen molar-refractivity contribution in [1.82, 2.24) is 5.32 Å². The molecule has 84 valence electrons. The molecule has 15 heavy (non-hydrogen) atoms. The maximum Gasteiger partial charge on any atom is 0.200 e. The summed E-state index contributed by atoms with van der Waals surface area (Å²) in [5.41, 5.74) is 0.788. The van der Waals surface area contributed by atoms with Gasteiger partial charge in [-0.2, -0.15) is 0 Å². The lowest BCUT2D eigenvalue weighted by molar-refractivity contribution is 0.367. The fourth-order valence-corrected chi connectivity index (χ4v) is 1.31. The minimum Gasteiger partial charge on any atom is -0.504 e. The average molecular weight is 211 g/mol. The van der Waals surface area contributed by atoms with Crippen LogP contribution in [0.2, 0.25) is 0 Å². The summed E-state index contributed by atoms with van der Waals surface area (Å²) in [7, 11) is 0. The molecule has 0 aliphatic carbocycles. The van der Waals surface area contributed by atoms with E-state index in [0.29, 0.717) is 12.5 Å². The highest BCUT2D eigenvalue weighted by atomic mass is 16.3. The van der Waals surface area contributed by atoms with Crippen LogP contribution in [0.5, 0.6) is 17.2 Å². The number of nitrogens with one attached hydrogen (secondary N) is 1. The van der Waals surface area contributed by atoms with Crippen molar-refractivity contribution in [3.63, 3.8) is 0 Å². The Hall–Kier alpha value is -1.42. The number of hydrogen-bond acceptors (Lipinski definition) is 4. The lowest BCUT2D eigenvalue weighted by Gasteiger charge is -2.09. The third-order valence-corrected chi connectivity index (χ3v) is 2.10. The topological polar surface area (TPSA) is 72.7 Å². The van der Waals surface area contributed by atoms with Gasteiger partial charge in [0.2, 0.25) is 0 Å². The van der Waals surface area contributed by atoms with Gasteiger partial charge in [-0.15, -0.1) is 0 Å². The van der Waals surface area contributed by atoms with E-state index in [4.69, 9.17) is 5.11 Å². The van der Waals surface area contributed by atoms with E-state index in [-0.39, 0.29) is 11.5 Å². The summed E-state index contributed by atoms with van der Waals surface area (Å²) in [5, 5.41) is 30.9. The van der Waals surface area contributed by atoms with Gasteiger partial charge in [-0.3, -0.25) is 0 Å². The molecule has 4 nitrogen and oxygen atoms in total. The molecule has 0 unspecified atom stereocenters. The lowest BCUT2D eigenvalue weighted by Crippen LogP contribution is -2.24. The smallest absolute Gasteiger partial charge is 0.200 e. The van der Waals surface area contributed by atoms with Gasteiger partial charge in [0, 0.05) is 6.04 Å². The first-order valence-electron chi connectivity index (χ1n) is 4.98. The van der Waals surface area contributed by atoms with Gasteiger partial charge < -0.3 is 20.6 Å². The second-order valence-electron chi connectivity index (χ2n) is 3.84. The molecule has 0 aromatic heterocycles. The third kappa shape index (κ3) is 3.32. The van der Waals surface area contributed by atoms with Gasteiger partial charge >= 0.3 is 0 Å². The van der Waals surface area contributed by atoms with Crippen LogP contribution < -0.4 is 5.32 Å². The van der Waals surface area contributed by atoms with Crippen LogP contribution in [0.15, 0.2) is 12.1 Å². The van der Waals surface area contributed by atoms with E-state index in [1.54, 1.807) is 0 Å². The molecule has 0 bridgehead atoms. The zero-order valence-corrected chi connectivity index (χ0v) is 8.99. The molecule has 0 aliphatic heterocycles. The molecular weight excluding hydrogens is 194 g/mol. The largest absolute Gasteiger partial charge is 0.504 e. The van der Waals surface area contributed by atoms with Crippen LogP contribution in [0, 0.1) is 0 Å². The summed E-state index contributed by atoms with van der Waals surface area (Å²) in [6.45, 7) is 4.86. The van der Waals surface area contributed by atoms with Crippen LogP contribution in [0.25, 0.3) is 0 Å². The fourth-order valence-electron chi connectivity index (χ4n) is 1.31. The van der Waals surface area contributed by atoms with Crippen molar-refractivity contribution in [2.75, 3.05) is 6.54 Å². The normalized spacial score (nSPS) is 10.9. The maximum absolute atomic E-state index is 9.26. The van der Waals surface area contributed by atoms with Crippen molar-refractivity contribution < 1.29 is 15.3 Å². The molecule has 4 N–H and O–H groups in total. The zero-order chi connectivity index (χ0) is 11.4. The second-order valence-corrected chi connectivity index (χ2v) is 3.84. The van der Waals surface area contributed by atoms with Gasteiger partial charge in [-0.05, 0) is 30.7 Å². The Morgan fingerprint density at radius 2 is 1.67 bits per heavy atom. The summed E-state index contributed by atoms with van der Waals surface area (Å²) >= 11 is 0. The Labute approximate surface area is 89.2 Å². The maximum atomic E-state index is 9.26. The van der Waals surface area contributed by atoms with Crippen LogP contribution in [0.4, 0.5) is 0 Å². The van der Waals surface area contributed by atoms with Crippen molar-refractivity contribution in [2.45, 2.75) is 26.3 Å². The Morgan fingerprint density at radius 1 is 1.13 bits per heavy atom. The first-order chi connectivity index (χ1) is 7.00. The van der Waals surface area contributed by atoms with E-state index in [2.05, 4.69) is 5.32 Å². The molecule has 1 aromatic carbocycles. The Bertz CT molecular complexity index is 314. The number of benzene rings is 1. The Kier molecular flexibility index (Phi) is 3.80. The zero-order valence-electron chi connectivity index (χ0n) is 8.99. The predicted octanol–water partition coefficient (Wildman–Crippen LogP) is 1.34. The predicted molar refractivity (Wildman–Crippen MR) is 58.3 cm³/mol. The van der Waals surface area contributed by atoms with E-state index in [0.717, 1.165) is 12.1 Å². The summed E-state index contributed by atoms with van der Waals surface area (Å²) in [5.74, 6) is -1.03. The summed E-state index contributed by atoms with van der Waals surface area (Å²) in [4.78, 5) is 0. The molecule has 0 saturated carbocycles. The monoisotopic (exact) mass is 211 g/mol. The highest BCUT2D eigenvalue weighted by Gasteiger charge is 2.07. The van der Waals surface area contributed by atoms with E-state index in [1.165, 1.54) is 12.1 Å². The minimum atomic E-state index is -0.462. The van der Waals surface area contributed by atoms with Gasteiger partial charge in [0.1, 0.15) is 0 Å². The van der Waals surface area contributed by atoms with Gasteiger partial charge in [0.25, 0.3) is 0 Å². The molecule has 0 radical (unpaired) electrons. The number of phenolic OH excluding ortho intramolecular Hbond substituents is 3. The van der Waals surface area contributed by atoms with Crippen LogP contribution >= 0.6 is 0 Å². The van der Waals surface area contributed by atoms with Crippen LogP contribution in [0.1, 0.15) is 19.4 Å². The Morgan fingerprint density at radius 3 is 2.13 bits per heavy atom. The number of phenols is 3. The van der Waals surface area contributed by atoms with Crippen molar-refractivity contribution in [2.24, 2.45) is 0 Å². The highest BCUT2D eigenvalue weighted by Crippen LogP contribution is 2.35. The minimum absolute atomic E-state index is 0.283. The van der Waals surface area contributed by atoms with Gasteiger partial charge in [-0.25, -0.2) is 0 Å². The van der Waals surface area contributed by atoms with Crippen LogP contribution in [-0.4, -0.2) is 27.9 Å². The number of hydrogen-bond donors (Lipinski definition) is 4. The molecule has 0 fully saturated rings. The van der Waals surface area contributed by atoms with Crippen molar-refractivity contribution in [1.29, 1.82) is 0 Å². The van der Waals surface area contributed by atoms with Gasteiger partial charge in [0.15, 0.2) is 17.2 Å². The quantitative estimate of drug-likeness (QED) is 0.567. The van der Waals surface area contributed by atoms with E-state index >= 15 is 0 Å². The molecule has 0 amide bonds. The van der Waals surface area contributed by atoms with E-state index in [9.17, 15) is 10.2 Å². The molecular formula is C11H17NO3. The van der Waals surface area contributed by atoms with Gasteiger partial charge in [0.05, 0.1) is 0 Å². The highest BCUT2D eigenvalue weighted by molar-refractivity contribution is 5.51. The molecule has 0 spiro atoms. The number of rotatable bonds is 4. The van der Waals surface area contributed by atoms with Crippen LogP contribution in [-0.2, 0) is 6.42 Å². The van der Waals surface area contributed by atoms with E-state index < -0.39 is 5.75 Å². The molecule has 1 rings (SSSR count). The summed E-state index contributed by atoms with van der Waals surface area (Å²) in [6, 6.07) is 3.32. The summed E-state index contributed by atoms with van der Waals surface area (Å²) < 4.78 is 0. The van der Waals surface area contributed by atoms with Gasteiger partial charge in [-0.1, -0.05) is 13.8 Å². The van der Waals surface area contributed by atoms with Crippen LogP contribution in [0.3, 0.4) is 0 Å². The average Bonchev–Trinajstić information content (AvgIpc) is 2.13. The second kappa shape index (κ2) is 4.89. The molecule has 0 heterocycles. The number of aromatic hydroxyl groups is 3. The first-order valence-corrected chi connectivity index (χ1v) is 4.98.